The zero-order chi connectivity index (χ0) is 20.8. The highest BCUT2D eigenvalue weighted by Gasteiger charge is 2.20. The van der Waals surface area contributed by atoms with E-state index in [2.05, 4.69) is 20.9 Å². The summed E-state index contributed by atoms with van der Waals surface area (Å²) in [5, 5.41) is 16.0. The first kappa shape index (κ1) is 21.1. The van der Waals surface area contributed by atoms with Crippen molar-refractivity contribution in [1.29, 1.82) is 0 Å². The standard InChI is InChI=1S/C20H23N5O2S2/c1-4-21-19(26)14-5-7-15(8-6-14)25-16(12-28-3)18(23-24-25)20(27)22-11-17-13(2)9-10-29-17/h5-10H,4,11-12H2,1-3H3,(H,21,26)(H,22,27). The van der Waals surface area contributed by atoms with E-state index < -0.39 is 0 Å². The Morgan fingerprint density at radius 2 is 1.90 bits per heavy atom. The lowest BCUT2D eigenvalue weighted by Crippen LogP contribution is -2.24. The quantitative estimate of drug-likeness (QED) is 0.574. The van der Waals surface area contributed by atoms with Crippen LogP contribution in [0.5, 0.6) is 0 Å². The summed E-state index contributed by atoms with van der Waals surface area (Å²) in [6, 6.07) is 9.12. The number of nitrogens with one attached hydrogen (secondary N) is 2. The van der Waals surface area contributed by atoms with Gasteiger partial charge in [-0.25, -0.2) is 4.68 Å². The van der Waals surface area contributed by atoms with Crippen LogP contribution in [0.2, 0.25) is 0 Å². The van der Waals surface area contributed by atoms with Gasteiger partial charge in [0.05, 0.1) is 17.9 Å². The van der Waals surface area contributed by atoms with Crippen molar-refractivity contribution >= 4 is 34.9 Å². The Morgan fingerprint density at radius 3 is 2.52 bits per heavy atom. The third kappa shape index (κ3) is 4.86. The van der Waals surface area contributed by atoms with Gasteiger partial charge in [-0.05, 0) is 61.4 Å². The maximum absolute atomic E-state index is 12.7. The van der Waals surface area contributed by atoms with Gasteiger partial charge in [0.1, 0.15) is 0 Å². The number of thioether (sulfide) groups is 1. The number of benzene rings is 1. The van der Waals surface area contributed by atoms with Crippen molar-refractivity contribution in [3.63, 3.8) is 0 Å². The molecule has 3 rings (SSSR count). The second kappa shape index (κ2) is 9.71. The molecule has 0 aliphatic rings. The number of thiophene rings is 1. The molecule has 0 spiro atoms. The number of aromatic nitrogens is 3. The Hall–Kier alpha value is -2.65. The summed E-state index contributed by atoms with van der Waals surface area (Å²) in [5.41, 5.74) is 3.54. The fourth-order valence-electron chi connectivity index (χ4n) is 2.80. The minimum atomic E-state index is -0.243. The molecule has 9 heteroatoms. The molecule has 2 heterocycles. The van der Waals surface area contributed by atoms with E-state index >= 15 is 0 Å². The summed E-state index contributed by atoms with van der Waals surface area (Å²) >= 11 is 3.21. The summed E-state index contributed by atoms with van der Waals surface area (Å²) in [6.45, 7) is 4.95. The lowest BCUT2D eigenvalue weighted by molar-refractivity contribution is 0.0941. The average molecular weight is 430 g/mol. The smallest absolute Gasteiger partial charge is 0.274 e. The van der Waals surface area contributed by atoms with E-state index in [9.17, 15) is 9.59 Å². The molecule has 2 aromatic heterocycles. The van der Waals surface area contributed by atoms with Crippen molar-refractivity contribution in [2.45, 2.75) is 26.1 Å². The summed E-state index contributed by atoms with van der Waals surface area (Å²) < 4.78 is 1.66. The second-order valence-corrected chi connectivity index (χ2v) is 8.21. The SMILES string of the molecule is CCNC(=O)c1ccc(-n2nnc(C(=O)NCc3sccc3C)c2CSC)cc1. The fraction of sp³-hybridized carbons (Fsp3) is 0.300. The van der Waals surface area contributed by atoms with Crippen LogP contribution in [0.1, 0.15) is 43.9 Å². The molecule has 0 bridgehead atoms. The largest absolute Gasteiger partial charge is 0.352 e. The number of nitrogens with zero attached hydrogens (tertiary/aromatic N) is 3. The number of amides is 2. The van der Waals surface area contributed by atoms with Crippen LogP contribution in [0, 0.1) is 6.92 Å². The van der Waals surface area contributed by atoms with Crippen molar-refractivity contribution in [2.24, 2.45) is 0 Å². The van der Waals surface area contributed by atoms with E-state index in [0.29, 0.717) is 30.1 Å². The topological polar surface area (TPSA) is 88.9 Å². The maximum atomic E-state index is 12.7. The summed E-state index contributed by atoms with van der Waals surface area (Å²) in [4.78, 5) is 25.8. The zero-order valence-electron chi connectivity index (χ0n) is 16.6. The van der Waals surface area contributed by atoms with Gasteiger partial charge in [-0.1, -0.05) is 5.21 Å². The minimum Gasteiger partial charge on any atom is -0.352 e. The summed E-state index contributed by atoms with van der Waals surface area (Å²) in [5.74, 6) is 0.226. The monoisotopic (exact) mass is 429 g/mol. The molecule has 0 aliphatic heterocycles. The van der Waals surface area contributed by atoms with Gasteiger partial charge in [-0.3, -0.25) is 9.59 Å². The van der Waals surface area contributed by atoms with Crippen molar-refractivity contribution in [3.8, 4) is 5.69 Å². The maximum Gasteiger partial charge on any atom is 0.274 e. The van der Waals surface area contributed by atoms with Gasteiger partial charge in [-0.15, -0.1) is 16.4 Å². The van der Waals surface area contributed by atoms with Crippen LogP contribution in [-0.4, -0.2) is 39.6 Å². The van der Waals surface area contributed by atoms with Crippen LogP contribution in [0.3, 0.4) is 0 Å². The van der Waals surface area contributed by atoms with Gasteiger partial charge in [0.15, 0.2) is 5.69 Å². The minimum absolute atomic E-state index is 0.120. The number of rotatable bonds is 8. The Kier molecular flexibility index (Phi) is 7.05. The fourth-order valence-corrected chi connectivity index (χ4v) is 4.18. The summed E-state index contributed by atoms with van der Waals surface area (Å²) in [7, 11) is 0. The van der Waals surface area contributed by atoms with Gasteiger partial charge in [0, 0.05) is 22.7 Å². The molecular weight excluding hydrogens is 406 g/mol. The Balaban J connectivity index is 1.81. The second-order valence-electron chi connectivity index (χ2n) is 6.35. The molecule has 0 fully saturated rings. The molecule has 0 saturated carbocycles. The molecule has 0 unspecified atom stereocenters. The highest BCUT2D eigenvalue weighted by molar-refractivity contribution is 7.97. The number of hydrogen-bond donors (Lipinski definition) is 2. The molecule has 29 heavy (non-hydrogen) atoms. The van der Waals surface area contributed by atoms with Crippen LogP contribution in [0.25, 0.3) is 5.69 Å². The molecule has 3 aromatic rings. The van der Waals surface area contributed by atoms with Gasteiger partial charge in [-0.2, -0.15) is 11.8 Å². The van der Waals surface area contributed by atoms with E-state index in [-0.39, 0.29) is 11.8 Å². The van der Waals surface area contributed by atoms with Gasteiger partial charge in [0.2, 0.25) is 0 Å². The molecule has 0 saturated heterocycles. The van der Waals surface area contributed by atoms with E-state index in [1.807, 2.05) is 31.5 Å². The number of carbonyl (C=O) groups is 2. The number of carbonyl (C=O) groups excluding carboxylic acids is 2. The van der Waals surface area contributed by atoms with Gasteiger partial charge < -0.3 is 10.6 Å². The van der Waals surface area contributed by atoms with Gasteiger partial charge >= 0.3 is 0 Å². The van der Waals surface area contributed by atoms with Crippen molar-refractivity contribution in [2.75, 3.05) is 12.8 Å². The molecule has 7 nitrogen and oxygen atoms in total. The molecule has 0 atom stereocenters. The van der Waals surface area contributed by atoms with Crippen molar-refractivity contribution in [1.82, 2.24) is 25.6 Å². The lowest BCUT2D eigenvalue weighted by atomic mass is 10.2. The van der Waals surface area contributed by atoms with Crippen molar-refractivity contribution in [3.05, 3.63) is 63.1 Å². The first-order valence-electron chi connectivity index (χ1n) is 9.18. The average Bonchev–Trinajstić information content (AvgIpc) is 3.33. The molecular formula is C20H23N5O2S2. The number of aryl methyl sites for hydroxylation is 1. The highest BCUT2D eigenvalue weighted by atomic mass is 32.2. The van der Waals surface area contributed by atoms with E-state index in [1.165, 1.54) is 0 Å². The Morgan fingerprint density at radius 1 is 1.14 bits per heavy atom. The van der Waals surface area contributed by atoms with Crippen LogP contribution in [-0.2, 0) is 12.3 Å². The van der Waals surface area contributed by atoms with E-state index in [1.54, 1.807) is 52.0 Å². The van der Waals surface area contributed by atoms with Crippen LogP contribution in [0.4, 0.5) is 0 Å². The van der Waals surface area contributed by atoms with Crippen LogP contribution < -0.4 is 10.6 Å². The van der Waals surface area contributed by atoms with Crippen molar-refractivity contribution < 1.29 is 9.59 Å². The number of hydrogen-bond acceptors (Lipinski definition) is 6. The first-order chi connectivity index (χ1) is 14.0. The Bertz CT molecular complexity index is 995. The predicted octanol–water partition coefficient (Wildman–Crippen LogP) is 3.18. The predicted molar refractivity (Wildman–Crippen MR) is 117 cm³/mol. The zero-order valence-corrected chi connectivity index (χ0v) is 18.2. The normalized spacial score (nSPS) is 10.7. The van der Waals surface area contributed by atoms with Crippen LogP contribution in [0.15, 0.2) is 35.7 Å². The highest BCUT2D eigenvalue weighted by Crippen LogP contribution is 2.19. The lowest BCUT2D eigenvalue weighted by Gasteiger charge is -2.09. The van der Waals surface area contributed by atoms with Gasteiger partial charge in [0.25, 0.3) is 11.8 Å². The molecule has 152 valence electrons. The molecule has 0 aliphatic carbocycles. The van der Waals surface area contributed by atoms with E-state index in [4.69, 9.17) is 0 Å². The first-order valence-corrected chi connectivity index (χ1v) is 11.5. The summed E-state index contributed by atoms with van der Waals surface area (Å²) in [6.07, 6.45) is 1.96. The molecule has 2 amide bonds. The third-order valence-electron chi connectivity index (χ3n) is 4.35. The van der Waals surface area contributed by atoms with Crippen LogP contribution >= 0.6 is 23.1 Å². The molecule has 2 N–H and O–H groups in total. The molecule has 1 aromatic carbocycles. The Labute approximate surface area is 177 Å². The third-order valence-corrected chi connectivity index (χ3v) is 5.93. The molecule has 0 radical (unpaired) electrons. The van der Waals surface area contributed by atoms with E-state index in [0.717, 1.165) is 21.8 Å².